The summed E-state index contributed by atoms with van der Waals surface area (Å²) >= 11 is 2.96. The predicted molar refractivity (Wildman–Crippen MR) is 114 cm³/mol. The molecule has 146 valence electrons. The van der Waals surface area contributed by atoms with Crippen molar-refractivity contribution < 1.29 is 4.79 Å². The average molecular weight is 406 g/mol. The van der Waals surface area contributed by atoms with Crippen molar-refractivity contribution in [3.63, 3.8) is 0 Å². The van der Waals surface area contributed by atoms with Gasteiger partial charge in [0.05, 0.1) is 11.1 Å². The molecule has 0 spiro atoms. The number of thioether (sulfide) groups is 1. The summed E-state index contributed by atoms with van der Waals surface area (Å²) in [5.74, 6) is 0.869. The van der Waals surface area contributed by atoms with Crippen molar-refractivity contribution >= 4 is 39.2 Å². The zero-order chi connectivity index (χ0) is 19.6. The molecule has 2 heterocycles. The van der Waals surface area contributed by atoms with Gasteiger partial charge in [0.15, 0.2) is 5.16 Å². The van der Waals surface area contributed by atoms with Crippen LogP contribution in [0.15, 0.2) is 22.6 Å². The van der Waals surface area contributed by atoms with Crippen LogP contribution in [-0.2, 0) is 24.2 Å². The fourth-order valence-corrected chi connectivity index (χ4v) is 5.60. The van der Waals surface area contributed by atoms with Gasteiger partial charge in [-0.2, -0.15) is 0 Å². The quantitative estimate of drug-likeness (QED) is 0.433. The molecule has 0 aliphatic heterocycles. The smallest absolute Gasteiger partial charge is 0.263 e. The van der Waals surface area contributed by atoms with Crippen LogP contribution in [0.4, 0.5) is 0 Å². The first-order chi connectivity index (χ1) is 12.9. The molecule has 2 atom stereocenters. The molecule has 1 aliphatic rings. The summed E-state index contributed by atoms with van der Waals surface area (Å²) in [5, 5.41) is 4.33. The number of hydrogen-bond acceptors (Lipinski definition) is 5. The number of fused-ring (bicyclic) bond motifs is 3. The van der Waals surface area contributed by atoms with E-state index < -0.39 is 0 Å². The van der Waals surface area contributed by atoms with Crippen molar-refractivity contribution in [3.05, 3.63) is 33.4 Å². The van der Waals surface area contributed by atoms with Crippen LogP contribution in [0.2, 0.25) is 0 Å². The van der Waals surface area contributed by atoms with Crippen LogP contribution >= 0.6 is 23.1 Å². The molecule has 2 aromatic rings. The zero-order valence-electron chi connectivity index (χ0n) is 16.2. The fraction of sp³-hybridized carbons (Fsp3) is 0.550. The van der Waals surface area contributed by atoms with Gasteiger partial charge in [0, 0.05) is 17.5 Å². The summed E-state index contributed by atoms with van der Waals surface area (Å²) in [4.78, 5) is 32.2. The molecule has 0 bridgehead atoms. The van der Waals surface area contributed by atoms with Crippen LogP contribution in [0.25, 0.3) is 10.2 Å². The normalized spacial score (nSPS) is 17.5. The van der Waals surface area contributed by atoms with E-state index in [1.165, 1.54) is 22.2 Å². The van der Waals surface area contributed by atoms with E-state index in [2.05, 4.69) is 18.8 Å². The van der Waals surface area contributed by atoms with E-state index in [1.807, 2.05) is 13.8 Å². The Morgan fingerprint density at radius 1 is 1.56 bits per heavy atom. The van der Waals surface area contributed by atoms with Crippen LogP contribution in [0, 0.1) is 5.92 Å². The van der Waals surface area contributed by atoms with E-state index in [-0.39, 0.29) is 23.3 Å². The minimum atomic E-state index is -0.0341. The van der Waals surface area contributed by atoms with E-state index in [0.717, 1.165) is 35.9 Å². The lowest BCUT2D eigenvalue weighted by Crippen LogP contribution is -2.33. The molecule has 27 heavy (non-hydrogen) atoms. The topological polar surface area (TPSA) is 64.0 Å². The molecule has 0 saturated carbocycles. The standard InChI is InChI=1S/C20H27N3O2S2/c1-5-9-23-19(25)17-14-8-7-12(3)10-15(14)27-18(17)22-20(23)26-11-16(24)21-13(4)6-2/h5,12-13H,1,6-11H2,2-4H3,(H,21,24)/t12-,13+/m1/s1. The van der Waals surface area contributed by atoms with Crippen molar-refractivity contribution in [2.75, 3.05) is 5.75 Å². The van der Waals surface area contributed by atoms with E-state index in [1.54, 1.807) is 22.0 Å². The van der Waals surface area contributed by atoms with Crippen molar-refractivity contribution in [2.24, 2.45) is 5.92 Å². The number of amides is 1. The number of nitrogens with zero attached hydrogens (tertiary/aromatic N) is 2. The number of aromatic nitrogens is 2. The summed E-state index contributed by atoms with van der Waals surface area (Å²) in [5.41, 5.74) is 1.19. The molecule has 3 rings (SSSR count). The molecular weight excluding hydrogens is 378 g/mol. The number of allylic oxidation sites excluding steroid dienone is 1. The second-order valence-corrected chi connectivity index (χ2v) is 9.32. The lowest BCUT2D eigenvalue weighted by Gasteiger charge is -2.17. The summed E-state index contributed by atoms with van der Waals surface area (Å²) in [6.07, 6.45) is 5.69. The van der Waals surface area contributed by atoms with Gasteiger partial charge in [0.1, 0.15) is 4.83 Å². The molecule has 7 heteroatoms. The van der Waals surface area contributed by atoms with E-state index in [0.29, 0.717) is 17.6 Å². The highest BCUT2D eigenvalue weighted by Gasteiger charge is 2.24. The fourth-order valence-electron chi connectivity index (χ4n) is 3.35. The van der Waals surface area contributed by atoms with Gasteiger partial charge in [0.25, 0.3) is 5.56 Å². The van der Waals surface area contributed by atoms with Crippen molar-refractivity contribution in [1.29, 1.82) is 0 Å². The molecule has 2 aromatic heterocycles. The van der Waals surface area contributed by atoms with Gasteiger partial charge in [-0.25, -0.2) is 4.98 Å². The Balaban J connectivity index is 1.95. The van der Waals surface area contributed by atoms with Crippen molar-refractivity contribution in [1.82, 2.24) is 14.9 Å². The Kier molecular flexibility index (Phi) is 6.42. The summed E-state index contributed by atoms with van der Waals surface area (Å²) < 4.78 is 1.65. The van der Waals surface area contributed by atoms with Crippen LogP contribution in [0.1, 0.15) is 44.1 Å². The summed E-state index contributed by atoms with van der Waals surface area (Å²) in [7, 11) is 0. The molecule has 0 saturated heterocycles. The number of carbonyl (C=O) groups excluding carboxylic acids is 1. The Bertz CT molecular complexity index is 916. The second kappa shape index (κ2) is 8.61. The molecule has 1 amide bonds. The number of carbonyl (C=O) groups is 1. The number of rotatable bonds is 7. The van der Waals surface area contributed by atoms with Gasteiger partial charge < -0.3 is 5.32 Å². The van der Waals surface area contributed by atoms with Gasteiger partial charge in [-0.05, 0) is 44.1 Å². The van der Waals surface area contributed by atoms with Crippen LogP contribution in [0.3, 0.4) is 0 Å². The van der Waals surface area contributed by atoms with Gasteiger partial charge in [-0.3, -0.25) is 14.2 Å². The highest BCUT2D eigenvalue weighted by atomic mass is 32.2. The summed E-state index contributed by atoms with van der Waals surface area (Å²) in [6.45, 7) is 10.5. The Morgan fingerprint density at radius 3 is 3.04 bits per heavy atom. The predicted octanol–water partition coefficient (Wildman–Crippen LogP) is 3.78. The molecule has 0 unspecified atom stereocenters. The maximum absolute atomic E-state index is 13.2. The van der Waals surface area contributed by atoms with Gasteiger partial charge in [0.2, 0.25) is 5.91 Å². The van der Waals surface area contributed by atoms with Crippen molar-refractivity contribution in [2.45, 2.75) is 64.2 Å². The summed E-state index contributed by atoms with van der Waals surface area (Å²) in [6, 6.07) is 0.148. The van der Waals surface area contributed by atoms with Crippen LogP contribution in [-0.4, -0.2) is 27.3 Å². The molecule has 0 radical (unpaired) electrons. The Hall–Kier alpha value is -1.60. The maximum Gasteiger partial charge on any atom is 0.263 e. The van der Waals surface area contributed by atoms with E-state index in [4.69, 9.17) is 4.98 Å². The number of aryl methyl sites for hydroxylation is 1. The van der Waals surface area contributed by atoms with E-state index >= 15 is 0 Å². The first kappa shape index (κ1) is 20.1. The molecule has 1 N–H and O–H groups in total. The molecule has 0 fully saturated rings. The number of nitrogens with one attached hydrogen (secondary N) is 1. The monoisotopic (exact) mass is 405 g/mol. The highest BCUT2D eigenvalue weighted by Crippen LogP contribution is 2.36. The maximum atomic E-state index is 13.2. The van der Waals surface area contributed by atoms with Crippen LogP contribution < -0.4 is 10.9 Å². The third-order valence-electron chi connectivity index (χ3n) is 5.04. The van der Waals surface area contributed by atoms with Gasteiger partial charge in [-0.15, -0.1) is 17.9 Å². The first-order valence-corrected chi connectivity index (χ1v) is 11.3. The average Bonchev–Trinajstić information content (AvgIpc) is 2.99. The zero-order valence-corrected chi connectivity index (χ0v) is 17.8. The Labute approximate surface area is 168 Å². The lowest BCUT2D eigenvalue weighted by atomic mass is 9.89. The molecule has 0 aromatic carbocycles. The van der Waals surface area contributed by atoms with Gasteiger partial charge in [-0.1, -0.05) is 31.7 Å². The van der Waals surface area contributed by atoms with Crippen molar-refractivity contribution in [3.8, 4) is 0 Å². The second-order valence-electron chi connectivity index (χ2n) is 7.30. The SMILES string of the molecule is C=CCn1c(SCC(=O)N[C@@H](C)CC)nc2sc3c(c2c1=O)CC[C@@H](C)C3. The minimum absolute atomic E-state index is 0.00297. The highest BCUT2D eigenvalue weighted by molar-refractivity contribution is 7.99. The lowest BCUT2D eigenvalue weighted by molar-refractivity contribution is -0.119. The Morgan fingerprint density at radius 2 is 2.33 bits per heavy atom. The molecule has 1 aliphatic carbocycles. The third-order valence-corrected chi connectivity index (χ3v) is 7.17. The number of thiophene rings is 1. The largest absolute Gasteiger partial charge is 0.353 e. The third kappa shape index (κ3) is 4.29. The first-order valence-electron chi connectivity index (χ1n) is 9.52. The van der Waals surface area contributed by atoms with Gasteiger partial charge >= 0.3 is 0 Å². The number of hydrogen-bond donors (Lipinski definition) is 1. The van der Waals surface area contributed by atoms with Crippen LogP contribution in [0.5, 0.6) is 0 Å². The minimum Gasteiger partial charge on any atom is -0.353 e. The van der Waals surface area contributed by atoms with E-state index in [9.17, 15) is 9.59 Å². The molecular formula is C20H27N3O2S2. The molecule has 5 nitrogen and oxygen atoms in total.